The summed E-state index contributed by atoms with van der Waals surface area (Å²) in [5.74, 6) is 1.14. The molecular formula is C28H25N5O6S. The standard InChI is InChI=1S/C28H25N5O6S/c1-37-16-25(34)30-17-6-8-18(9-7-17)32-27(26(31-28(32)40)21-5-3-4-14-29-21)23-13-12-22(39-23)20-11-10-19(33(35)36)15-24(20)38-2/h3-15,26-27H,16H2,1-2H3,(H,30,34)(H,31,40)/t26-,27+/m0/s1. The molecule has 1 amide bonds. The summed E-state index contributed by atoms with van der Waals surface area (Å²) < 4.78 is 16.7. The minimum atomic E-state index is -0.478. The Kier molecular flexibility index (Phi) is 7.71. The maximum absolute atomic E-state index is 11.9. The average molecular weight is 560 g/mol. The van der Waals surface area contributed by atoms with Gasteiger partial charge >= 0.3 is 0 Å². The molecule has 4 aromatic rings. The van der Waals surface area contributed by atoms with E-state index in [1.165, 1.54) is 26.4 Å². The lowest BCUT2D eigenvalue weighted by Crippen LogP contribution is -2.29. The fraction of sp³-hybridized carbons (Fsp3) is 0.179. The molecule has 0 aliphatic carbocycles. The molecule has 1 fully saturated rings. The van der Waals surface area contributed by atoms with E-state index in [0.717, 1.165) is 11.4 Å². The number of nitro benzene ring substituents is 1. The van der Waals surface area contributed by atoms with Crippen LogP contribution in [0.15, 0.2) is 83.4 Å². The van der Waals surface area contributed by atoms with Crippen molar-refractivity contribution < 1.29 is 23.6 Å². The molecule has 2 N–H and O–H groups in total. The van der Waals surface area contributed by atoms with Crippen LogP contribution in [0.25, 0.3) is 11.3 Å². The zero-order valence-corrected chi connectivity index (χ0v) is 22.4. The summed E-state index contributed by atoms with van der Waals surface area (Å²) in [6.45, 7) is -0.0456. The summed E-state index contributed by atoms with van der Waals surface area (Å²) in [5.41, 5.74) is 2.65. The zero-order valence-electron chi connectivity index (χ0n) is 21.6. The summed E-state index contributed by atoms with van der Waals surface area (Å²) in [5, 5.41) is 17.9. The second-order valence-corrected chi connectivity index (χ2v) is 9.26. The van der Waals surface area contributed by atoms with Crippen molar-refractivity contribution in [2.45, 2.75) is 12.1 Å². The van der Waals surface area contributed by atoms with E-state index in [1.807, 2.05) is 41.3 Å². The summed E-state index contributed by atoms with van der Waals surface area (Å²) in [6.07, 6.45) is 1.71. The van der Waals surface area contributed by atoms with E-state index in [4.69, 9.17) is 26.1 Å². The predicted molar refractivity (Wildman–Crippen MR) is 152 cm³/mol. The number of anilines is 2. The molecular weight excluding hydrogens is 534 g/mol. The van der Waals surface area contributed by atoms with Gasteiger partial charge in [-0.3, -0.25) is 19.9 Å². The number of methoxy groups -OCH3 is 2. The summed E-state index contributed by atoms with van der Waals surface area (Å²) in [7, 11) is 2.91. The van der Waals surface area contributed by atoms with Gasteiger partial charge in [-0.2, -0.15) is 0 Å². The Morgan fingerprint density at radius 2 is 1.95 bits per heavy atom. The van der Waals surface area contributed by atoms with Crippen molar-refractivity contribution >= 4 is 40.3 Å². The smallest absolute Gasteiger partial charge is 0.273 e. The van der Waals surface area contributed by atoms with Crippen LogP contribution in [0.2, 0.25) is 0 Å². The molecule has 1 aliphatic rings. The van der Waals surface area contributed by atoms with Gasteiger partial charge in [-0.15, -0.1) is 0 Å². The van der Waals surface area contributed by atoms with E-state index in [9.17, 15) is 14.9 Å². The number of nitrogens with one attached hydrogen (secondary N) is 2. The van der Waals surface area contributed by atoms with Gasteiger partial charge in [0, 0.05) is 30.7 Å². The van der Waals surface area contributed by atoms with Crippen LogP contribution in [0.4, 0.5) is 17.1 Å². The van der Waals surface area contributed by atoms with Crippen LogP contribution in [-0.2, 0) is 9.53 Å². The Morgan fingerprint density at radius 1 is 1.15 bits per heavy atom. The number of hydrogen-bond donors (Lipinski definition) is 2. The number of furan rings is 1. The van der Waals surface area contributed by atoms with Crippen LogP contribution in [0.1, 0.15) is 23.5 Å². The van der Waals surface area contributed by atoms with Gasteiger partial charge in [0.05, 0.1) is 35.4 Å². The molecule has 204 valence electrons. The molecule has 5 rings (SSSR count). The molecule has 40 heavy (non-hydrogen) atoms. The van der Waals surface area contributed by atoms with E-state index in [-0.39, 0.29) is 24.2 Å². The molecule has 2 atom stereocenters. The van der Waals surface area contributed by atoms with Crippen LogP contribution in [0.5, 0.6) is 5.75 Å². The van der Waals surface area contributed by atoms with Crippen LogP contribution in [-0.4, -0.2) is 41.8 Å². The lowest BCUT2D eigenvalue weighted by molar-refractivity contribution is -0.384. The highest BCUT2D eigenvalue weighted by atomic mass is 32.1. The number of pyridine rings is 1. The summed E-state index contributed by atoms with van der Waals surface area (Å²) in [4.78, 5) is 29.2. The molecule has 3 heterocycles. The molecule has 12 heteroatoms. The second-order valence-electron chi connectivity index (χ2n) is 8.87. The minimum Gasteiger partial charge on any atom is -0.496 e. The van der Waals surface area contributed by atoms with Gasteiger partial charge < -0.3 is 29.4 Å². The van der Waals surface area contributed by atoms with Gasteiger partial charge in [0.1, 0.15) is 29.9 Å². The van der Waals surface area contributed by atoms with Gasteiger partial charge in [-0.25, -0.2) is 0 Å². The number of thiocarbonyl (C=S) groups is 1. The number of nitrogens with zero attached hydrogens (tertiary/aromatic N) is 3. The quantitative estimate of drug-likeness (QED) is 0.164. The number of ether oxygens (including phenoxy) is 2. The summed E-state index contributed by atoms with van der Waals surface area (Å²) in [6, 6.07) is 20.2. The minimum absolute atomic E-state index is 0.0456. The number of amides is 1. The first kappa shape index (κ1) is 26.8. The molecule has 11 nitrogen and oxygen atoms in total. The van der Waals surface area contributed by atoms with Gasteiger partial charge in [0.2, 0.25) is 5.91 Å². The predicted octanol–water partition coefficient (Wildman–Crippen LogP) is 5.02. The van der Waals surface area contributed by atoms with Gasteiger partial charge in [-0.1, -0.05) is 6.07 Å². The van der Waals surface area contributed by atoms with Crippen LogP contribution in [0.3, 0.4) is 0 Å². The number of non-ortho nitro benzene ring substituents is 1. The number of benzene rings is 2. The largest absolute Gasteiger partial charge is 0.496 e. The molecule has 0 bridgehead atoms. The van der Waals surface area contributed by atoms with Gasteiger partial charge in [0.25, 0.3) is 5.69 Å². The van der Waals surface area contributed by atoms with E-state index < -0.39 is 11.0 Å². The Labute approximate surface area is 234 Å². The lowest BCUT2D eigenvalue weighted by Gasteiger charge is -2.26. The molecule has 2 aromatic carbocycles. The van der Waals surface area contributed by atoms with Crippen molar-refractivity contribution in [3.63, 3.8) is 0 Å². The molecule has 0 unspecified atom stereocenters. The first-order valence-corrected chi connectivity index (χ1v) is 12.6. The third kappa shape index (κ3) is 5.35. The third-order valence-electron chi connectivity index (χ3n) is 6.38. The highest BCUT2D eigenvalue weighted by Gasteiger charge is 2.42. The van der Waals surface area contributed by atoms with Crippen molar-refractivity contribution in [3.05, 3.63) is 101 Å². The van der Waals surface area contributed by atoms with Crippen LogP contribution >= 0.6 is 12.2 Å². The van der Waals surface area contributed by atoms with Gasteiger partial charge in [-0.05, 0) is 66.8 Å². The first-order valence-electron chi connectivity index (χ1n) is 12.2. The molecule has 0 spiro atoms. The maximum Gasteiger partial charge on any atom is 0.273 e. The number of nitro groups is 1. The van der Waals surface area contributed by atoms with E-state index in [2.05, 4.69) is 15.6 Å². The highest BCUT2D eigenvalue weighted by Crippen LogP contribution is 2.44. The first-order chi connectivity index (χ1) is 19.4. The molecule has 0 radical (unpaired) electrons. The third-order valence-corrected chi connectivity index (χ3v) is 6.70. The number of carbonyl (C=O) groups excluding carboxylic acids is 1. The Balaban J connectivity index is 1.52. The van der Waals surface area contributed by atoms with E-state index in [0.29, 0.717) is 33.6 Å². The molecule has 1 saturated heterocycles. The van der Waals surface area contributed by atoms with Gasteiger partial charge in [0.15, 0.2) is 5.11 Å². The van der Waals surface area contributed by atoms with Crippen molar-refractivity contribution in [3.8, 4) is 17.1 Å². The van der Waals surface area contributed by atoms with Crippen molar-refractivity contribution in [1.82, 2.24) is 10.3 Å². The van der Waals surface area contributed by atoms with E-state index >= 15 is 0 Å². The zero-order chi connectivity index (χ0) is 28.2. The lowest BCUT2D eigenvalue weighted by atomic mass is 10.0. The number of carbonyl (C=O) groups is 1. The fourth-order valence-electron chi connectivity index (χ4n) is 4.61. The number of hydrogen-bond acceptors (Lipinski definition) is 8. The van der Waals surface area contributed by atoms with Crippen molar-refractivity contribution in [2.75, 3.05) is 31.0 Å². The Hall–Kier alpha value is -4.81. The van der Waals surface area contributed by atoms with Crippen molar-refractivity contribution in [1.29, 1.82) is 0 Å². The topological polar surface area (TPSA) is 132 Å². The van der Waals surface area contributed by atoms with E-state index in [1.54, 1.807) is 30.5 Å². The second kappa shape index (κ2) is 11.5. The monoisotopic (exact) mass is 559 g/mol. The molecule has 1 aliphatic heterocycles. The van der Waals surface area contributed by atoms with Crippen molar-refractivity contribution in [2.24, 2.45) is 0 Å². The van der Waals surface area contributed by atoms with Crippen LogP contribution < -0.4 is 20.3 Å². The Bertz CT molecular complexity index is 1540. The summed E-state index contributed by atoms with van der Waals surface area (Å²) >= 11 is 5.77. The Morgan fingerprint density at radius 3 is 2.62 bits per heavy atom. The average Bonchev–Trinajstić information content (AvgIpc) is 3.58. The highest BCUT2D eigenvalue weighted by molar-refractivity contribution is 7.80. The molecule has 0 saturated carbocycles. The number of aromatic nitrogens is 1. The SMILES string of the molecule is COCC(=O)Nc1ccc(N2C(=S)N[C@@H](c3ccccn3)[C@H]2c2ccc(-c3ccc([N+](=O)[O-])cc3OC)o2)cc1. The fourth-order valence-corrected chi connectivity index (χ4v) is 4.95. The maximum atomic E-state index is 11.9. The normalized spacial score (nSPS) is 16.4. The van der Waals surface area contributed by atoms with Crippen LogP contribution in [0, 0.1) is 10.1 Å². The molecule has 2 aromatic heterocycles. The number of rotatable bonds is 9.